The first kappa shape index (κ1) is 8.74. The number of anilines is 1. The highest BCUT2D eigenvalue weighted by Gasteiger charge is 2.31. The number of carbonyl (C=O) groups excluding carboxylic acids is 2. The molecule has 4 heteroatoms. The van der Waals surface area contributed by atoms with Crippen molar-refractivity contribution in [3.63, 3.8) is 0 Å². The predicted octanol–water partition coefficient (Wildman–Crippen LogP) is 1.14. The van der Waals surface area contributed by atoms with Gasteiger partial charge < -0.3 is 10.4 Å². The number of carbonyl (C=O) groups is 2. The van der Waals surface area contributed by atoms with E-state index in [2.05, 4.69) is 5.32 Å². The number of amides is 1. The second-order valence-electron chi connectivity index (χ2n) is 3.37. The van der Waals surface area contributed by atoms with E-state index in [-0.39, 0.29) is 11.3 Å². The first-order valence-corrected chi connectivity index (χ1v) is 4.21. The van der Waals surface area contributed by atoms with E-state index in [4.69, 9.17) is 0 Å². The molecule has 14 heavy (non-hydrogen) atoms. The Kier molecular flexibility index (Phi) is 1.61. The van der Waals surface area contributed by atoms with Crippen LogP contribution in [0.3, 0.4) is 0 Å². The quantitative estimate of drug-likeness (QED) is 0.477. The minimum absolute atomic E-state index is 0.0774. The Morgan fingerprint density at radius 1 is 1.29 bits per heavy atom. The molecule has 1 heterocycles. The van der Waals surface area contributed by atoms with Crippen molar-refractivity contribution < 1.29 is 14.7 Å². The van der Waals surface area contributed by atoms with Crippen LogP contribution in [0.4, 0.5) is 5.69 Å². The third kappa shape index (κ3) is 0.937. The average molecular weight is 191 g/mol. The number of Topliss-reactive ketones (excluding diaryl/α,β-unsaturated/α-hetero) is 1. The molecular weight excluding hydrogens is 182 g/mol. The Labute approximate surface area is 80.6 Å². The molecule has 72 valence electrons. The number of aromatic hydroxyl groups is 1. The molecule has 1 aromatic carbocycles. The highest BCUT2D eigenvalue weighted by molar-refractivity contribution is 6.52. The molecule has 0 atom stereocenters. The summed E-state index contributed by atoms with van der Waals surface area (Å²) in [6.45, 7) is 3.34. The summed E-state index contributed by atoms with van der Waals surface area (Å²) in [5.74, 6) is -1.13. The highest BCUT2D eigenvalue weighted by atomic mass is 16.3. The van der Waals surface area contributed by atoms with Gasteiger partial charge in [0.05, 0.1) is 11.3 Å². The SMILES string of the molecule is Cc1cc2c(c(C)c1O)C(=O)C(=O)N2. The lowest BCUT2D eigenvalue weighted by Gasteiger charge is -2.06. The summed E-state index contributed by atoms with van der Waals surface area (Å²) in [6, 6.07) is 1.60. The van der Waals surface area contributed by atoms with Crippen molar-refractivity contribution in [2.45, 2.75) is 13.8 Å². The van der Waals surface area contributed by atoms with Gasteiger partial charge in [-0.15, -0.1) is 0 Å². The van der Waals surface area contributed by atoms with Crippen LogP contribution in [0.1, 0.15) is 21.5 Å². The van der Waals surface area contributed by atoms with Gasteiger partial charge in [-0.25, -0.2) is 0 Å². The lowest BCUT2D eigenvalue weighted by molar-refractivity contribution is -0.112. The largest absolute Gasteiger partial charge is 0.507 e. The number of rotatable bonds is 0. The summed E-state index contributed by atoms with van der Waals surface area (Å²) in [6.07, 6.45) is 0. The summed E-state index contributed by atoms with van der Waals surface area (Å²) < 4.78 is 0. The van der Waals surface area contributed by atoms with E-state index in [1.165, 1.54) is 0 Å². The van der Waals surface area contributed by atoms with Crippen LogP contribution in [0, 0.1) is 13.8 Å². The van der Waals surface area contributed by atoms with Crippen molar-refractivity contribution >= 4 is 17.4 Å². The third-order valence-electron chi connectivity index (χ3n) is 2.42. The maximum absolute atomic E-state index is 11.4. The first-order valence-electron chi connectivity index (χ1n) is 4.21. The molecule has 0 bridgehead atoms. The number of hydrogen-bond acceptors (Lipinski definition) is 3. The molecule has 4 nitrogen and oxygen atoms in total. The normalized spacial score (nSPS) is 14.1. The van der Waals surface area contributed by atoms with Crippen LogP contribution in [-0.2, 0) is 4.79 Å². The molecule has 0 unspecified atom stereocenters. The summed E-state index contributed by atoms with van der Waals surface area (Å²) in [7, 11) is 0. The molecule has 0 saturated carbocycles. The van der Waals surface area contributed by atoms with Crippen molar-refractivity contribution in [3.05, 3.63) is 22.8 Å². The van der Waals surface area contributed by atoms with E-state index < -0.39 is 11.7 Å². The van der Waals surface area contributed by atoms with Gasteiger partial charge in [0.2, 0.25) is 0 Å². The number of fused-ring (bicyclic) bond motifs is 1. The zero-order valence-corrected chi connectivity index (χ0v) is 7.84. The van der Waals surface area contributed by atoms with Gasteiger partial charge in [0.15, 0.2) is 0 Å². The van der Waals surface area contributed by atoms with E-state index in [0.717, 1.165) is 0 Å². The Morgan fingerprint density at radius 2 is 1.93 bits per heavy atom. The Hall–Kier alpha value is -1.84. The number of aryl methyl sites for hydroxylation is 1. The molecule has 0 fully saturated rings. The van der Waals surface area contributed by atoms with Crippen molar-refractivity contribution in [1.82, 2.24) is 0 Å². The third-order valence-corrected chi connectivity index (χ3v) is 2.42. The van der Waals surface area contributed by atoms with Gasteiger partial charge in [0, 0.05) is 5.56 Å². The van der Waals surface area contributed by atoms with Gasteiger partial charge in [-0.2, -0.15) is 0 Å². The second kappa shape index (κ2) is 2.57. The number of benzene rings is 1. The molecule has 2 rings (SSSR count). The monoisotopic (exact) mass is 191 g/mol. The Balaban J connectivity index is 2.77. The fourth-order valence-electron chi connectivity index (χ4n) is 1.66. The molecule has 1 aliphatic heterocycles. The summed E-state index contributed by atoms with van der Waals surface area (Å²) in [4.78, 5) is 22.4. The summed E-state index contributed by atoms with van der Waals surface area (Å²) >= 11 is 0. The van der Waals surface area contributed by atoms with Crippen molar-refractivity contribution in [2.75, 3.05) is 5.32 Å². The van der Waals surface area contributed by atoms with Gasteiger partial charge in [-0.3, -0.25) is 9.59 Å². The van der Waals surface area contributed by atoms with E-state index in [1.807, 2.05) is 0 Å². The van der Waals surface area contributed by atoms with Gasteiger partial charge in [-0.1, -0.05) is 0 Å². The number of phenolic OH excluding ortho intramolecular Hbond substituents is 1. The molecule has 0 saturated heterocycles. The molecular formula is C10H9NO3. The van der Waals surface area contributed by atoms with Gasteiger partial charge in [0.25, 0.3) is 11.7 Å². The standard InChI is InChI=1S/C10H9NO3/c1-4-3-6-7(5(2)8(4)12)9(13)10(14)11-6/h3,12H,1-2H3,(H,11,13,14). The van der Waals surface area contributed by atoms with E-state index in [9.17, 15) is 14.7 Å². The first-order chi connectivity index (χ1) is 6.52. The van der Waals surface area contributed by atoms with Crippen LogP contribution in [0.15, 0.2) is 6.07 Å². The van der Waals surface area contributed by atoms with Gasteiger partial charge in [-0.05, 0) is 25.5 Å². The maximum Gasteiger partial charge on any atom is 0.296 e. The fourth-order valence-corrected chi connectivity index (χ4v) is 1.66. The molecule has 0 spiro atoms. The van der Waals surface area contributed by atoms with Crippen LogP contribution in [0.25, 0.3) is 0 Å². The van der Waals surface area contributed by atoms with Crippen molar-refractivity contribution in [3.8, 4) is 5.75 Å². The highest BCUT2D eigenvalue weighted by Crippen LogP contribution is 2.34. The van der Waals surface area contributed by atoms with Gasteiger partial charge in [0.1, 0.15) is 5.75 Å². The van der Waals surface area contributed by atoms with Crippen LogP contribution in [0.5, 0.6) is 5.75 Å². The van der Waals surface area contributed by atoms with Crippen LogP contribution in [0.2, 0.25) is 0 Å². The molecule has 0 radical (unpaired) electrons. The zero-order chi connectivity index (χ0) is 10.5. The Bertz CT molecular complexity index is 463. The van der Waals surface area contributed by atoms with E-state index in [0.29, 0.717) is 16.8 Å². The number of nitrogens with one attached hydrogen (secondary N) is 1. The molecule has 1 aromatic rings. The Morgan fingerprint density at radius 3 is 2.57 bits per heavy atom. The number of phenols is 1. The number of ketones is 1. The molecule has 0 aromatic heterocycles. The van der Waals surface area contributed by atoms with Gasteiger partial charge >= 0.3 is 0 Å². The lowest BCUT2D eigenvalue weighted by atomic mass is 10.0. The second-order valence-corrected chi connectivity index (χ2v) is 3.37. The lowest BCUT2D eigenvalue weighted by Crippen LogP contribution is -2.12. The molecule has 1 amide bonds. The van der Waals surface area contributed by atoms with Crippen molar-refractivity contribution in [1.29, 1.82) is 0 Å². The summed E-state index contributed by atoms with van der Waals surface area (Å²) in [5, 5.41) is 12.0. The van der Waals surface area contributed by atoms with Crippen LogP contribution < -0.4 is 5.32 Å². The molecule has 1 aliphatic rings. The maximum atomic E-state index is 11.4. The van der Waals surface area contributed by atoms with E-state index >= 15 is 0 Å². The fraction of sp³-hybridized carbons (Fsp3) is 0.200. The van der Waals surface area contributed by atoms with Crippen LogP contribution >= 0.6 is 0 Å². The van der Waals surface area contributed by atoms with Crippen molar-refractivity contribution in [2.24, 2.45) is 0 Å². The smallest absolute Gasteiger partial charge is 0.296 e. The molecule has 0 aliphatic carbocycles. The molecule has 2 N–H and O–H groups in total. The minimum atomic E-state index is -0.631. The average Bonchev–Trinajstić information content (AvgIpc) is 2.39. The predicted molar refractivity (Wildman–Crippen MR) is 50.5 cm³/mol. The van der Waals surface area contributed by atoms with E-state index in [1.54, 1.807) is 19.9 Å². The van der Waals surface area contributed by atoms with Crippen LogP contribution in [-0.4, -0.2) is 16.8 Å². The number of hydrogen-bond donors (Lipinski definition) is 2. The minimum Gasteiger partial charge on any atom is -0.507 e. The topological polar surface area (TPSA) is 66.4 Å². The summed E-state index contributed by atoms with van der Waals surface area (Å²) in [5.41, 5.74) is 1.89. The zero-order valence-electron chi connectivity index (χ0n) is 7.84.